The van der Waals surface area contributed by atoms with Gasteiger partial charge in [-0.3, -0.25) is 4.99 Å². The van der Waals surface area contributed by atoms with E-state index in [1.807, 2.05) is 23.1 Å². The van der Waals surface area contributed by atoms with Gasteiger partial charge < -0.3 is 15.4 Å². The van der Waals surface area contributed by atoms with Crippen molar-refractivity contribution in [3.05, 3.63) is 28.8 Å². The molecule has 0 spiro atoms. The first-order valence-electron chi connectivity index (χ1n) is 6.49. The van der Waals surface area contributed by atoms with Crippen LogP contribution in [0, 0.1) is 0 Å². The van der Waals surface area contributed by atoms with E-state index in [1.165, 1.54) is 0 Å². The van der Waals surface area contributed by atoms with Crippen molar-refractivity contribution in [1.82, 2.24) is 4.90 Å². The quantitative estimate of drug-likeness (QED) is 0.645. The molecule has 106 valence electrons. The molecule has 0 amide bonds. The number of aliphatic imine (C=N–C) groups is 1. The average molecular weight is 284 g/mol. The lowest BCUT2D eigenvalue weighted by Crippen LogP contribution is -2.37. The molecule has 5 heteroatoms. The number of methoxy groups -OCH3 is 1. The molecule has 1 aromatic rings. The van der Waals surface area contributed by atoms with E-state index in [2.05, 4.69) is 18.8 Å². The topological polar surface area (TPSA) is 50.8 Å². The molecule has 0 heterocycles. The van der Waals surface area contributed by atoms with Gasteiger partial charge in [-0.1, -0.05) is 17.7 Å². The van der Waals surface area contributed by atoms with E-state index < -0.39 is 0 Å². The summed E-state index contributed by atoms with van der Waals surface area (Å²) in [4.78, 5) is 6.40. The Morgan fingerprint density at radius 3 is 2.58 bits per heavy atom. The second kappa shape index (κ2) is 7.89. The van der Waals surface area contributed by atoms with Gasteiger partial charge in [0.2, 0.25) is 0 Å². The SMILES string of the molecule is CCN(CC)C(N)=NCCc1ccc(OC)cc1Cl. The van der Waals surface area contributed by atoms with E-state index in [4.69, 9.17) is 22.1 Å². The van der Waals surface area contributed by atoms with Crippen molar-refractivity contribution in [3.63, 3.8) is 0 Å². The number of ether oxygens (including phenoxy) is 1. The Labute approximate surface area is 120 Å². The monoisotopic (exact) mass is 283 g/mol. The van der Waals surface area contributed by atoms with Crippen LogP contribution in [0.15, 0.2) is 23.2 Å². The highest BCUT2D eigenvalue weighted by Crippen LogP contribution is 2.22. The van der Waals surface area contributed by atoms with Gasteiger partial charge in [-0.2, -0.15) is 0 Å². The van der Waals surface area contributed by atoms with Crippen LogP contribution in [0.3, 0.4) is 0 Å². The van der Waals surface area contributed by atoms with Crippen molar-refractivity contribution in [2.45, 2.75) is 20.3 Å². The molecule has 0 bridgehead atoms. The smallest absolute Gasteiger partial charge is 0.191 e. The predicted molar refractivity (Wildman–Crippen MR) is 81.1 cm³/mol. The Hall–Kier alpha value is -1.42. The number of halogens is 1. The molecule has 0 aliphatic rings. The summed E-state index contributed by atoms with van der Waals surface area (Å²) in [7, 11) is 1.63. The molecule has 0 saturated carbocycles. The fourth-order valence-electron chi connectivity index (χ4n) is 1.80. The van der Waals surface area contributed by atoms with Gasteiger partial charge in [-0.15, -0.1) is 0 Å². The zero-order valence-electron chi connectivity index (χ0n) is 11.8. The highest BCUT2D eigenvalue weighted by molar-refractivity contribution is 6.31. The zero-order chi connectivity index (χ0) is 14.3. The molecule has 0 fully saturated rings. The van der Waals surface area contributed by atoms with Gasteiger partial charge in [0.05, 0.1) is 7.11 Å². The maximum Gasteiger partial charge on any atom is 0.191 e. The van der Waals surface area contributed by atoms with Crippen LogP contribution in [0.25, 0.3) is 0 Å². The average Bonchev–Trinajstić information content (AvgIpc) is 2.42. The molecule has 0 atom stereocenters. The molecule has 0 radical (unpaired) electrons. The molecule has 19 heavy (non-hydrogen) atoms. The van der Waals surface area contributed by atoms with E-state index in [-0.39, 0.29) is 0 Å². The van der Waals surface area contributed by atoms with Gasteiger partial charge in [-0.05, 0) is 38.0 Å². The number of benzene rings is 1. The minimum Gasteiger partial charge on any atom is -0.497 e. The second-order valence-electron chi connectivity index (χ2n) is 4.12. The highest BCUT2D eigenvalue weighted by Gasteiger charge is 2.04. The van der Waals surface area contributed by atoms with Crippen molar-refractivity contribution in [3.8, 4) is 5.75 Å². The number of hydrogen-bond donors (Lipinski definition) is 1. The molecule has 0 aliphatic carbocycles. The van der Waals surface area contributed by atoms with E-state index in [9.17, 15) is 0 Å². The molecular formula is C14H22ClN3O. The predicted octanol–water partition coefficient (Wildman–Crippen LogP) is 2.55. The third kappa shape index (κ3) is 4.63. The summed E-state index contributed by atoms with van der Waals surface area (Å²) >= 11 is 6.17. The van der Waals surface area contributed by atoms with Crippen molar-refractivity contribution >= 4 is 17.6 Å². The minimum absolute atomic E-state index is 0.592. The number of hydrogen-bond acceptors (Lipinski definition) is 2. The van der Waals surface area contributed by atoms with Gasteiger partial charge in [-0.25, -0.2) is 0 Å². The largest absolute Gasteiger partial charge is 0.497 e. The Morgan fingerprint density at radius 2 is 2.05 bits per heavy atom. The molecule has 0 unspecified atom stereocenters. The minimum atomic E-state index is 0.592. The third-order valence-electron chi connectivity index (χ3n) is 3.00. The van der Waals surface area contributed by atoms with Crippen LogP contribution < -0.4 is 10.5 Å². The number of rotatable bonds is 6. The van der Waals surface area contributed by atoms with E-state index >= 15 is 0 Å². The van der Waals surface area contributed by atoms with Gasteiger partial charge in [0.1, 0.15) is 5.75 Å². The van der Waals surface area contributed by atoms with Gasteiger partial charge in [0.25, 0.3) is 0 Å². The first-order valence-corrected chi connectivity index (χ1v) is 6.87. The lowest BCUT2D eigenvalue weighted by atomic mass is 10.1. The number of guanidine groups is 1. The first-order chi connectivity index (χ1) is 9.12. The summed E-state index contributed by atoms with van der Waals surface area (Å²) in [5.74, 6) is 1.36. The molecule has 4 nitrogen and oxygen atoms in total. The fraction of sp³-hybridized carbons (Fsp3) is 0.500. The van der Waals surface area contributed by atoms with Crippen LogP contribution >= 0.6 is 11.6 Å². The van der Waals surface area contributed by atoms with Gasteiger partial charge in [0.15, 0.2) is 5.96 Å². The first kappa shape index (κ1) is 15.6. The molecule has 1 aromatic carbocycles. The molecule has 0 aromatic heterocycles. The van der Waals surface area contributed by atoms with E-state index in [0.717, 1.165) is 30.8 Å². The van der Waals surface area contributed by atoms with E-state index in [1.54, 1.807) is 7.11 Å². The molecule has 0 saturated heterocycles. The maximum absolute atomic E-state index is 6.17. The van der Waals surface area contributed by atoms with Crippen LogP contribution in [-0.2, 0) is 6.42 Å². The highest BCUT2D eigenvalue weighted by atomic mass is 35.5. The molecule has 0 aliphatic heterocycles. The standard InChI is InChI=1S/C14H22ClN3O/c1-4-18(5-2)14(16)17-9-8-11-6-7-12(19-3)10-13(11)15/h6-7,10H,4-5,8-9H2,1-3H3,(H2,16,17). The normalized spacial score (nSPS) is 11.5. The van der Waals surface area contributed by atoms with Gasteiger partial charge >= 0.3 is 0 Å². The zero-order valence-corrected chi connectivity index (χ0v) is 12.6. The lowest BCUT2D eigenvalue weighted by molar-refractivity contribution is 0.414. The summed E-state index contributed by atoms with van der Waals surface area (Å²) in [6, 6.07) is 5.68. The van der Waals surface area contributed by atoms with Crippen LogP contribution in [0.1, 0.15) is 19.4 Å². The molecular weight excluding hydrogens is 262 g/mol. The molecule has 1 rings (SSSR count). The van der Waals surface area contributed by atoms with Crippen molar-refractivity contribution < 1.29 is 4.74 Å². The van der Waals surface area contributed by atoms with Crippen molar-refractivity contribution in [1.29, 1.82) is 0 Å². The summed E-state index contributed by atoms with van der Waals surface area (Å²) in [5, 5.41) is 0.705. The lowest BCUT2D eigenvalue weighted by Gasteiger charge is -2.19. The number of nitrogens with two attached hydrogens (primary N) is 1. The van der Waals surface area contributed by atoms with Crippen LogP contribution in [0.4, 0.5) is 0 Å². The maximum atomic E-state index is 6.17. The number of nitrogens with zero attached hydrogens (tertiary/aromatic N) is 2. The summed E-state index contributed by atoms with van der Waals surface area (Å²) in [6.07, 6.45) is 0.769. The Bertz CT molecular complexity index is 431. The van der Waals surface area contributed by atoms with Crippen molar-refractivity contribution in [2.24, 2.45) is 10.7 Å². The van der Waals surface area contributed by atoms with Crippen LogP contribution in [0.5, 0.6) is 5.75 Å². The Balaban J connectivity index is 2.60. The third-order valence-corrected chi connectivity index (χ3v) is 3.35. The Kier molecular flexibility index (Phi) is 6.50. The summed E-state index contributed by atoms with van der Waals surface area (Å²) in [5.41, 5.74) is 6.96. The van der Waals surface area contributed by atoms with E-state index in [0.29, 0.717) is 17.5 Å². The molecule has 2 N–H and O–H groups in total. The summed E-state index contributed by atoms with van der Waals surface area (Å²) < 4.78 is 5.11. The summed E-state index contributed by atoms with van der Waals surface area (Å²) in [6.45, 7) is 6.50. The second-order valence-corrected chi connectivity index (χ2v) is 4.53. The van der Waals surface area contributed by atoms with Gasteiger partial charge in [0, 0.05) is 24.7 Å². The van der Waals surface area contributed by atoms with Crippen LogP contribution in [-0.4, -0.2) is 37.6 Å². The van der Waals surface area contributed by atoms with Crippen molar-refractivity contribution in [2.75, 3.05) is 26.7 Å². The van der Waals surface area contributed by atoms with Crippen LogP contribution in [0.2, 0.25) is 5.02 Å². The Morgan fingerprint density at radius 1 is 1.37 bits per heavy atom. The fourth-order valence-corrected chi connectivity index (χ4v) is 2.06.